The predicted molar refractivity (Wildman–Crippen MR) is 106 cm³/mol. The highest BCUT2D eigenvalue weighted by Crippen LogP contribution is 2.23. The lowest BCUT2D eigenvalue weighted by molar-refractivity contribution is -0.143. The van der Waals surface area contributed by atoms with Gasteiger partial charge in [-0.05, 0) is 42.7 Å². The minimum atomic E-state index is -0.411. The molecule has 2 aromatic carbocycles. The summed E-state index contributed by atoms with van der Waals surface area (Å²) in [5.74, 6) is 1.19. The summed E-state index contributed by atoms with van der Waals surface area (Å²) in [7, 11) is 3.03. The number of esters is 1. The van der Waals surface area contributed by atoms with E-state index in [9.17, 15) is 4.79 Å². The second-order valence-electron chi connectivity index (χ2n) is 6.39. The van der Waals surface area contributed by atoms with Crippen molar-refractivity contribution in [1.82, 2.24) is 10.5 Å². The average Bonchev–Trinajstić information content (AvgIpc) is 3.23. The number of methoxy groups -OCH3 is 2. The summed E-state index contributed by atoms with van der Waals surface area (Å²) in [5.41, 5.74) is 2.83. The summed E-state index contributed by atoms with van der Waals surface area (Å²) in [6.45, 7) is 0.594. The maximum absolute atomic E-state index is 12.1. The third-order valence-electron chi connectivity index (χ3n) is 4.50. The molecule has 6 heteroatoms. The van der Waals surface area contributed by atoms with E-state index < -0.39 is 6.04 Å². The number of hydrogen-bond acceptors (Lipinski definition) is 6. The summed E-state index contributed by atoms with van der Waals surface area (Å²) in [4.78, 5) is 12.1. The number of carbonyl (C=O) groups excluding carboxylic acids is 1. The summed E-state index contributed by atoms with van der Waals surface area (Å²) in [6.07, 6.45) is 1.16. The van der Waals surface area contributed by atoms with Crippen LogP contribution in [0.15, 0.2) is 65.2 Å². The summed E-state index contributed by atoms with van der Waals surface area (Å²) in [6, 6.07) is 19.0. The molecule has 0 unspecified atom stereocenters. The van der Waals surface area contributed by atoms with Gasteiger partial charge in [-0.15, -0.1) is 0 Å². The van der Waals surface area contributed by atoms with Gasteiger partial charge in [0.05, 0.1) is 19.9 Å². The number of nitrogens with zero attached hydrogens (tertiary/aromatic N) is 1. The Morgan fingerprint density at radius 3 is 2.54 bits per heavy atom. The molecule has 0 aliphatic carbocycles. The first kappa shape index (κ1) is 19.6. The Labute approximate surface area is 164 Å². The van der Waals surface area contributed by atoms with Gasteiger partial charge in [-0.3, -0.25) is 4.79 Å². The normalized spacial score (nSPS) is 11.8. The van der Waals surface area contributed by atoms with Crippen molar-refractivity contribution in [3.8, 4) is 17.1 Å². The van der Waals surface area contributed by atoms with Crippen LogP contribution in [0.4, 0.5) is 0 Å². The molecule has 146 valence electrons. The molecule has 1 aromatic heterocycles. The molecule has 1 N–H and O–H groups in total. The summed E-state index contributed by atoms with van der Waals surface area (Å²) < 4.78 is 15.5. The van der Waals surface area contributed by atoms with E-state index in [1.165, 1.54) is 7.11 Å². The van der Waals surface area contributed by atoms with E-state index in [4.69, 9.17) is 14.0 Å². The van der Waals surface area contributed by atoms with Crippen LogP contribution in [0.3, 0.4) is 0 Å². The van der Waals surface area contributed by atoms with Crippen LogP contribution in [0.25, 0.3) is 11.3 Å². The quantitative estimate of drug-likeness (QED) is 0.572. The predicted octanol–water partition coefficient (Wildman–Crippen LogP) is 3.61. The number of aryl methyl sites for hydroxylation is 1. The van der Waals surface area contributed by atoms with E-state index in [2.05, 4.69) is 10.5 Å². The van der Waals surface area contributed by atoms with Crippen LogP contribution in [0.2, 0.25) is 0 Å². The van der Waals surface area contributed by atoms with E-state index in [0.29, 0.717) is 25.1 Å². The van der Waals surface area contributed by atoms with Gasteiger partial charge in [0, 0.05) is 18.2 Å². The fourth-order valence-electron chi connectivity index (χ4n) is 2.90. The molecule has 28 heavy (non-hydrogen) atoms. The van der Waals surface area contributed by atoms with E-state index in [1.54, 1.807) is 7.11 Å². The van der Waals surface area contributed by atoms with Gasteiger partial charge in [-0.25, -0.2) is 0 Å². The average molecular weight is 380 g/mol. The van der Waals surface area contributed by atoms with Crippen molar-refractivity contribution in [1.29, 1.82) is 0 Å². The third-order valence-corrected chi connectivity index (χ3v) is 4.50. The second-order valence-corrected chi connectivity index (χ2v) is 6.39. The lowest BCUT2D eigenvalue weighted by Crippen LogP contribution is -2.37. The summed E-state index contributed by atoms with van der Waals surface area (Å²) >= 11 is 0. The first-order valence-corrected chi connectivity index (χ1v) is 9.14. The SMILES string of the molecule is COC(=O)[C@H](CCc1cc(-c2ccc(OC)cc2)on1)NCc1ccccc1. The van der Waals surface area contributed by atoms with Crippen molar-refractivity contribution in [2.75, 3.05) is 14.2 Å². The molecular weight excluding hydrogens is 356 g/mol. The zero-order valence-corrected chi connectivity index (χ0v) is 16.1. The maximum atomic E-state index is 12.1. The molecule has 3 rings (SSSR count). The lowest BCUT2D eigenvalue weighted by Gasteiger charge is -2.15. The largest absolute Gasteiger partial charge is 0.497 e. The Hall–Kier alpha value is -3.12. The molecule has 0 bridgehead atoms. The highest BCUT2D eigenvalue weighted by Gasteiger charge is 2.19. The standard InChI is InChI=1S/C22H24N2O4/c1-26-19-11-8-17(9-12-19)21-14-18(24-28-21)10-13-20(22(25)27-2)23-15-16-6-4-3-5-7-16/h3-9,11-12,14,20,23H,10,13,15H2,1-2H3/t20-/m0/s1. The van der Waals surface area contributed by atoms with E-state index in [0.717, 1.165) is 22.6 Å². The molecule has 1 atom stereocenters. The van der Waals surface area contributed by atoms with E-state index in [1.807, 2.05) is 60.7 Å². The molecule has 0 spiro atoms. The van der Waals surface area contributed by atoms with Crippen LogP contribution in [0, 0.1) is 0 Å². The summed E-state index contributed by atoms with van der Waals surface area (Å²) in [5, 5.41) is 7.39. The molecule has 3 aromatic rings. The van der Waals surface area contributed by atoms with Crippen LogP contribution >= 0.6 is 0 Å². The maximum Gasteiger partial charge on any atom is 0.322 e. The third kappa shape index (κ3) is 5.20. The first-order valence-electron chi connectivity index (χ1n) is 9.14. The minimum absolute atomic E-state index is 0.283. The highest BCUT2D eigenvalue weighted by molar-refractivity contribution is 5.75. The van der Waals surface area contributed by atoms with Crippen molar-refractivity contribution in [3.63, 3.8) is 0 Å². The molecule has 0 aliphatic rings. The molecule has 1 heterocycles. The molecule has 0 amide bonds. The molecule has 0 saturated heterocycles. The number of hydrogen-bond donors (Lipinski definition) is 1. The Balaban J connectivity index is 1.59. The monoisotopic (exact) mass is 380 g/mol. The lowest BCUT2D eigenvalue weighted by atomic mass is 10.1. The number of aromatic nitrogens is 1. The molecule has 0 aliphatic heterocycles. The Morgan fingerprint density at radius 2 is 1.86 bits per heavy atom. The van der Waals surface area contributed by atoms with Gasteiger partial charge in [-0.1, -0.05) is 35.5 Å². The Kier molecular flexibility index (Phi) is 6.81. The van der Waals surface area contributed by atoms with E-state index >= 15 is 0 Å². The van der Waals surface area contributed by atoms with Crippen LogP contribution < -0.4 is 10.1 Å². The topological polar surface area (TPSA) is 73.6 Å². The zero-order valence-electron chi connectivity index (χ0n) is 16.1. The van der Waals surface area contributed by atoms with Crippen LogP contribution in [-0.4, -0.2) is 31.4 Å². The molecular formula is C22H24N2O4. The van der Waals surface area contributed by atoms with Gasteiger partial charge in [0.15, 0.2) is 5.76 Å². The number of ether oxygens (including phenoxy) is 2. The van der Waals surface area contributed by atoms with Gasteiger partial charge in [0.1, 0.15) is 11.8 Å². The molecule has 0 radical (unpaired) electrons. The minimum Gasteiger partial charge on any atom is -0.497 e. The fourth-order valence-corrected chi connectivity index (χ4v) is 2.90. The van der Waals surface area contributed by atoms with Crippen LogP contribution in [0.5, 0.6) is 5.75 Å². The molecule has 0 fully saturated rings. The Bertz CT molecular complexity index is 875. The van der Waals surface area contributed by atoms with Gasteiger partial charge in [-0.2, -0.15) is 0 Å². The van der Waals surface area contributed by atoms with Crippen molar-refractivity contribution >= 4 is 5.97 Å². The highest BCUT2D eigenvalue weighted by atomic mass is 16.5. The van der Waals surface area contributed by atoms with Crippen molar-refractivity contribution in [3.05, 3.63) is 71.9 Å². The van der Waals surface area contributed by atoms with Gasteiger partial charge in [0.25, 0.3) is 0 Å². The number of benzene rings is 2. The van der Waals surface area contributed by atoms with Crippen molar-refractivity contribution in [2.45, 2.75) is 25.4 Å². The van der Waals surface area contributed by atoms with Crippen molar-refractivity contribution < 1.29 is 18.8 Å². The van der Waals surface area contributed by atoms with Gasteiger partial charge < -0.3 is 19.3 Å². The number of carbonyl (C=O) groups is 1. The zero-order chi connectivity index (χ0) is 19.8. The second kappa shape index (κ2) is 9.71. The molecule has 0 saturated carbocycles. The van der Waals surface area contributed by atoms with Crippen LogP contribution in [-0.2, 0) is 22.5 Å². The smallest absolute Gasteiger partial charge is 0.322 e. The van der Waals surface area contributed by atoms with Crippen LogP contribution in [0.1, 0.15) is 17.7 Å². The fraction of sp³-hybridized carbons (Fsp3) is 0.273. The van der Waals surface area contributed by atoms with Gasteiger partial charge in [0.2, 0.25) is 0 Å². The molecule has 6 nitrogen and oxygen atoms in total. The van der Waals surface area contributed by atoms with Crippen molar-refractivity contribution in [2.24, 2.45) is 0 Å². The number of rotatable bonds is 9. The first-order chi connectivity index (χ1) is 13.7. The Morgan fingerprint density at radius 1 is 1.11 bits per heavy atom. The number of nitrogens with one attached hydrogen (secondary N) is 1. The van der Waals surface area contributed by atoms with E-state index in [-0.39, 0.29) is 5.97 Å². The van der Waals surface area contributed by atoms with Gasteiger partial charge >= 0.3 is 5.97 Å².